The van der Waals surface area contributed by atoms with E-state index in [4.69, 9.17) is 7.35 Å². The number of anilines is 2. The van der Waals surface area contributed by atoms with Crippen LogP contribution in [0.1, 0.15) is 49.3 Å². The smallest absolute Gasteiger partial charge is 0.267 e. The molecule has 3 rings (SSSR count). The van der Waals surface area contributed by atoms with Gasteiger partial charge in [-0.3, -0.25) is 9.59 Å². The summed E-state index contributed by atoms with van der Waals surface area (Å²) in [7, 11) is -4.51. The fourth-order valence-corrected chi connectivity index (χ4v) is 5.10. The molecule has 0 saturated heterocycles. The summed E-state index contributed by atoms with van der Waals surface area (Å²) >= 11 is 0.821. The van der Waals surface area contributed by atoms with Crippen LogP contribution in [0.4, 0.5) is 11.6 Å². The van der Waals surface area contributed by atoms with Crippen molar-refractivity contribution in [2.45, 2.75) is 39.5 Å². The fraction of sp³-hybridized carbons (Fsp3) is 0.250. The first-order valence-electron chi connectivity index (χ1n) is 9.77. The van der Waals surface area contributed by atoms with Crippen LogP contribution in [-0.2, 0) is 10.0 Å². The predicted molar refractivity (Wildman–Crippen MR) is 115 cm³/mol. The monoisotopic (exact) mass is 449 g/mol. The first-order chi connectivity index (χ1) is 14.9. The van der Waals surface area contributed by atoms with E-state index in [1.807, 2.05) is 0 Å². The molecule has 0 saturated carbocycles. The number of amides is 1. The number of ketones is 1. The number of nitrogens with zero attached hydrogens (tertiary/aromatic N) is 1. The molecule has 3 aromatic rings. The first-order valence-corrected chi connectivity index (χ1v) is 11.2. The molecule has 0 aliphatic rings. The molecular formula is C20H21N3O5S2. The van der Waals surface area contributed by atoms with Gasteiger partial charge < -0.3 is 9.83 Å². The summed E-state index contributed by atoms with van der Waals surface area (Å²) in [5, 5.41) is 5.57. The fourth-order valence-electron chi connectivity index (χ4n) is 2.83. The van der Waals surface area contributed by atoms with Crippen molar-refractivity contribution >= 4 is 44.6 Å². The molecule has 0 aliphatic carbocycles. The molecular weight excluding hydrogens is 426 g/mol. The van der Waals surface area contributed by atoms with E-state index in [1.54, 1.807) is 39.8 Å². The van der Waals surface area contributed by atoms with E-state index in [1.165, 1.54) is 18.4 Å². The zero-order valence-electron chi connectivity index (χ0n) is 19.0. The Morgan fingerprint density at radius 3 is 2.50 bits per heavy atom. The number of carbonyl (C=O) groups excluding carboxylic acids is 2. The number of hydrogen-bond acceptors (Lipinski definition) is 7. The molecule has 1 amide bonds. The van der Waals surface area contributed by atoms with E-state index in [9.17, 15) is 18.0 Å². The lowest BCUT2D eigenvalue weighted by molar-refractivity contribution is 0.101. The van der Waals surface area contributed by atoms with Crippen molar-refractivity contribution < 1.29 is 25.4 Å². The molecule has 2 N–H and O–H groups in total. The van der Waals surface area contributed by atoms with Crippen molar-refractivity contribution in [2.24, 2.45) is 0 Å². The van der Waals surface area contributed by atoms with Crippen molar-refractivity contribution in [3.8, 4) is 0 Å². The van der Waals surface area contributed by atoms with Gasteiger partial charge in [0.1, 0.15) is 9.77 Å². The van der Waals surface area contributed by atoms with Gasteiger partial charge in [0, 0.05) is 11.1 Å². The molecule has 10 heteroatoms. The number of benzene rings is 1. The Kier molecular flexibility index (Phi) is 5.09. The summed E-state index contributed by atoms with van der Waals surface area (Å²) in [5.41, 5.74) is 2.37. The van der Waals surface area contributed by atoms with E-state index in [0.29, 0.717) is 22.1 Å². The number of carbonyl (C=O) groups is 2. The highest BCUT2D eigenvalue weighted by molar-refractivity contribution is 7.93. The third kappa shape index (κ3) is 4.14. The second-order valence-electron chi connectivity index (χ2n) is 6.83. The van der Waals surface area contributed by atoms with Crippen LogP contribution >= 0.6 is 11.3 Å². The Hall–Kier alpha value is -2.98. The van der Waals surface area contributed by atoms with Crippen LogP contribution in [-0.4, -0.2) is 25.3 Å². The molecule has 8 nitrogen and oxygen atoms in total. The molecule has 1 aromatic carbocycles. The molecule has 30 heavy (non-hydrogen) atoms. The van der Waals surface area contributed by atoms with E-state index in [0.717, 1.165) is 16.9 Å². The second kappa shape index (κ2) is 8.04. The minimum Gasteiger partial charge on any atom is -0.337 e. The Bertz CT molecular complexity index is 1330. The second-order valence-corrected chi connectivity index (χ2v) is 9.32. The summed E-state index contributed by atoms with van der Waals surface area (Å²) < 4.78 is 47.8. The summed E-state index contributed by atoms with van der Waals surface area (Å²) in [6.45, 7) is 7.95. The number of aryl methyl sites for hydroxylation is 3. The van der Waals surface area contributed by atoms with Crippen LogP contribution in [0.2, 0.25) is 2.82 Å². The van der Waals surface area contributed by atoms with Gasteiger partial charge in [0.2, 0.25) is 5.88 Å². The van der Waals surface area contributed by atoms with Gasteiger partial charge in [0.25, 0.3) is 15.9 Å². The number of aromatic nitrogens is 1. The van der Waals surface area contributed by atoms with Gasteiger partial charge in [-0.1, -0.05) is 11.2 Å². The van der Waals surface area contributed by atoms with Crippen molar-refractivity contribution in [1.29, 1.82) is 0 Å². The Balaban J connectivity index is 2.06. The lowest BCUT2D eigenvalue weighted by Gasteiger charge is -2.14. The van der Waals surface area contributed by atoms with Gasteiger partial charge >= 0.3 is 0 Å². The number of sulfonamides is 1. The van der Waals surface area contributed by atoms with Crippen molar-refractivity contribution in [3.05, 3.63) is 56.4 Å². The Morgan fingerprint density at radius 2 is 1.90 bits per heavy atom. The van der Waals surface area contributed by atoms with E-state index in [2.05, 4.69) is 5.16 Å². The third-order valence-electron chi connectivity index (χ3n) is 4.47. The average molecular weight is 450 g/mol. The standard InChI is InChI=1S/C20H21N3O5S2/c1-10-8-11(2)17(15(9-10)14(5)24)21-19(25)18-16(6-7-29-18)30(26,27)23-20-12(3)13(4)22-28-20/h6-9,23H,1-5H3,(H,21,25)/i/hD2. The maximum atomic E-state index is 13.2. The lowest BCUT2D eigenvalue weighted by atomic mass is 10.0. The highest BCUT2D eigenvalue weighted by Gasteiger charge is 2.27. The molecule has 0 radical (unpaired) electrons. The SMILES string of the molecule is [2H]N(C(=O)c1sccc1S(=O)(=O)N([2H])c1onc(C)c1C)c1c(C)cc(C)cc1C(C)=O. The number of thiophene rings is 1. The highest BCUT2D eigenvalue weighted by atomic mass is 32.2. The van der Waals surface area contributed by atoms with Crippen LogP contribution in [0.5, 0.6) is 0 Å². The lowest BCUT2D eigenvalue weighted by Crippen LogP contribution is -2.20. The summed E-state index contributed by atoms with van der Waals surface area (Å²) in [6, 6.07) is 4.49. The minimum absolute atomic E-state index is 0.0780. The van der Waals surface area contributed by atoms with Gasteiger partial charge in [0.15, 0.2) is 8.61 Å². The molecule has 0 fully saturated rings. The van der Waals surface area contributed by atoms with Gasteiger partial charge in [-0.05, 0) is 63.3 Å². The summed E-state index contributed by atoms with van der Waals surface area (Å²) in [4.78, 5) is 24.6. The summed E-state index contributed by atoms with van der Waals surface area (Å²) in [6.07, 6.45) is 0. The van der Waals surface area contributed by atoms with E-state index < -0.39 is 20.8 Å². The summed E-state index contributed by atoms with van der Waals surface area (Å²) in [5.74, 6) is -1.56. The molecule has 0 spiro atoms. The normalized spacial score (nSPS) is 12.3. The number of hydrogen-bond donors (Lipinski definition) is 2. The molecule has 0 aliphatic heterocycles. The highest BCUT2D eigenvalue weighted by Crippen LogP contribution is 2.29. The average Bonchev–Trinajstić information content (AvgIpc) is 3.33. The van der Waals surface area contributed by atoms with Crippen molar-refractivity contribution in [3.63, 3.8) is 0 Å². The van der Waals surface area contributed by atoms with Crippen LogP contribution in [0, 0.1) is 27.7 Å². The largest absolute Gasteiger partial charge is 0.337 e. The Morgan fingerprint density at radius 1 is 1.20 bits per heavy atom. The molecule has 0 unspecified atom stereocenters. The topological polar surface area (TPSA) is 118 Å². The molecule has 0 atom stereocenters. The van der Waals surface area contributed by atoms with Crippen LogP contribution in [0.3, 0.4) is 0 Å². The van der Waals surface area contributed by atoms with Crippen LogP contribution < -0.4 is 10.0 Å². The van der Waals surface area contributed by atoms with Crippen LogP contribution in [0.25, 0.3) is 0 Å². The van der Waals surface area contributed by atoms with Crippen molar-refractivity contribution in [1.82, 2.24) is 5.16 Å². The zero-order valence-corrected chi connectivity index (χ0v) is 18.6. The number of rotatable bonds is 6. The molecule has 158 valence electrons. The van der Waals surface area contributed by atoms with Gasteiger partial charge in [-0.2, -0.15) is 0 Å². The van der Waals surface area contributed by atoms with Gasteiger partial charge in [-0.25, -0.2) is 13.1 Å². The molecule has 0 bridgehead atoms. The zero-order chi connectivity index (χ0) is 24.0. The number of Topliss-reactive ketones (excluding diaryl/α,β-unsaturated/α-hetero) is 1. The first kappa shape index (κ1) is 19.0. The van der Waals surface area contributed by atoms with E-state index in [-0.39, 0.29) is 32.5 Å². The maximum absolute atomic E-state index is 13.2. The Labute approximate surface area is 181 Å². The number of nitrogens with one attached hydrogen (secondary N) is 2. The minimum atomic E-state index is -4.51. The predicted octanol–water partition coefficient (Wildman–Crippen LogP) is 4.23. The van der Waals surface area contributed by atoms with E-state index >= 15 is 0 Å². The molecule has 2 aromatic heterocycles. The quantitative estimate of drug-likeness (QED) is 0.544. The van der Waals surface area contributed by atoms with Crippen LogP contribution in [0.15, 0.2) is 33.0 Å². The molecule has 2 heterocycles. The van der Waals surface area contributed by atoms with Crippen molar-refractivity contribution in [2.75, 3.05) is 10.0 Å². The van der Waals surface area contributed by atoms with Gasteiger partial charge in [0.05, 0.1) is 11.4 Å². The van der Waals surface area contributed by atoms with Gasteiger partial charge in [-0.15, -0.1) is 11.3 Å². The maximum Gasteiger partial charge on any atom is 0.267 e. The third-order valence-corrected chi connectivity index (χ3v) is 6.81.